The van der Waals surface area contributed by atoms with Gasteiger partial charge >= 0.3 is 0 Å². The molecule has 0 bridgehead atoms. The first kappa shape index (κ1) is 20.8. The molecular weight excluding hydrogens is 395 g/mol. The van der Waals surface area contributed by atoms with E-state index >= 15 is 0 Å². The van der Waals surface area contributed by atoms with E-state index in [4.69, 9.17) is 0 Å². The van der Waals surface area contributed by atoms with Crippen LogP contribution in [-0.2, 0) is 16.0 Å². The number of hydrogen-bond acceptors (Lipinski definition) is 3. The van der Waals surface area contributed by atoms with E-state index in [2.05, 4.69) is 4.98 Å². The lowest BCUT2D eigenvalue weighted by Crippen LogP contribution is -2.33. The maximum absolute atomic E-state index is 13.2. The molecule has 5 nitrogen and oxygen atoms in total. The highest BCUT2D eigenvalue weighted by Crippen LogP contribution is 2.41. The zero-order valence-electron chi connectivity index (χ0n) is 17.6. The summed E-state index contributed by atoms with van der Waals surface area (Å²) < 4.78 is 13.2. The number of aliphatic hydroxyl groups is 1. The van der Waals surface area contributed by atoms with Crippen LogP contribution in [0.1, 0.15) is 37.4 Å². The molecule has 1 aliphatic rings. The third-order valence-electron chi connectivity index (χ3n) is 5.67. The summed E-state index contributed by atoms with van der Waals surface area (Å²) in [5.74, 6) is -1.47. The van der Waals surface area contributed by atoms with Crippen LogP contribution < -0.4 is 0 Å². The number of fused-ring (bicyclic) bond motifs is 1. The van der Waals surface area contributed by atoms with E-state index in [9.17, 15) is 19.1 Å². The Labute approximate surface area is 180 Å². The van der Waals surface area contributed by atoms with E-state index in [-0.39, 0.29) is 36.1 Å². The molecule has 1 aliphatic heterocycles. The summed E-state index contributed by atoms with van der Waals surface area (Å²) in [5.41, 5.74) is 2.69. The highest BCUT2D eigenvalue weighted by atomic mass is 19.1. The highest BCUT2D eigenvalue weighted by molar-refractivity contribution is 6.09. The predicted molar refractivity (Wildman–Crippen MR) is 117 cm³/mol. The molecule has 0 saturated heterocycles. The van der Waals surface area contributed by atoms with E-state index in [1.54, 1.807) is 23.2 Å². The van der Waals surface area contributed by atoms with Crippen molar-refractivity contribution in [2.24, 2.45) is 5.92 Å². The third kappa shape index (κ3) is 3.98. The number of rotatable bonds is 7. The summed E-state index contributed by atoms with van der Waals surface area (Å²) in [6, 6.07) is 13.1. The van der Waals surface area contributed by atoms with Gasteiger partial charge in [-0.25, -0.2) is 4.39 Å². The smallest absolute Gasteiger partial charge is 0.290 e. The van der Waals surface area contributed by atoms with Gasteiger partial charge in [-0.15, -0.1) is 0 Å². The standard InChI is InChI=1S/C25H25FN2O3/c1-15(2)13-21(29)22-23(19-14-27-20-6-4-3-5-18(19)20)28(25(31)24(22)30)12-11-16-7-9-17(26)10-8-16/h3-10,14-15,23,27,30H,11-13H2,1-2H3. The molecule has 4 rings (SSSR count). The van der Waals surface area contributed by atoms with Crippen molar-refractivity contribution in [2.75, 3.05) is 6.54 Å². The normalized spacial score (nSPS) is 16.7. The molecule has 0 spiro atoms. The van der Waals surface area contributed by atoms with E-state index in [1.807, 2.05) is 38.1 Å². The molecule has 2 N–H and O–H groups in total. The number of carbonyl (C=O) groups is 2. The van der Waals surface area contributed by atoms with Gasteiger partial charge in [0.05, 0.1) is 11.6 Å². The molecule has 1 unspecified atom stereocenters. The fourth-order valence-electron chi connectivity index (χ4n) is 4.19. The van der Waals surface area contributed by atoms with Crippen molar-refractivity contribution in [3.8, 4) is 0 Å². The number of para-hydroxylation sites is 1. The fraction of sp³-hybridized carbons (Fsp3) is 0.280. The number of amides is 1. The van der Waals surface area contributed by atoms with Crippen molar-refractivity contribution in [1.82, 2.24) is 9.88 Å². The summed E-state index contributed by atoms with van der Waals surface area (Å²) in [6.07, 6.45) is 2.52. The summed E-state index contributed by atoms with van der Waals surface area (Å²) in [5, 5.41) is 11.6. The molecule has 0 saturated carbocycles. The maximum atomic E-state index is 13.2. The molecule has 1 aromatic heterocycles. The van der Waals surface area contributed by atoms with Crippen LogP contribution in [0.2, 0.25) is 0 Å². The predicted octanol–water partition coefficient (Wildman–Crippen LogP) is 4.86. The first-order valence-electron chi connectivity index (χ1n) is 10.4. The minimum Gasteiger partial charge on any atom is -0.503 e. The second-order valence-corrected chi connectivity index (χ2v) is 8.35. The van der Waals surface area contributed by atoms with Crippen molar-refractivity contribution in [3.63, 3.8) is 0 Å². The molecule has 6 heteroatoms. The third-order valence-corrected chi connectivity index (χ3v) is 5.67. The molecule has 31 heavy (non-hydrogen) atoms. The first-order chi connectivity index (χ1) is 14.9. The number of aromatic amines is 1. The van der Waals surface area contributed by atoms with Gasteiger partial charge in [0.15, 0.2) is 11.5 Å². The molecule has 1 atom stereocenters. The van der Waals surface area contributed by atoms with Crippen molar-refractivity contribution >= 4 is 22.6 Å². The summed E-state index contributed by atoms with van der Waals surface area (Å²) in [7, 11) is 0. The van der Waals surface area contributed by atoms with Gasteiger partial charge in [-0.3, -0.25) is 9.59 Å². The Morgan fingerprint density at radius 1 is 1.16 bits per heavy atom. The van der Waals surface area contributed by atoms with Crippen LogP contribution in [0.4, 0.5) is 4.39 Å². The molecule has 2 aromatic carbocycles. The number of aliphatic hydroxyl groups excluding tert-OH is 1. The number of halogens is 1. The van der Waals surface area contributed by atoms with Crippen molar-refractivity contribution in [3.05, 3.63) is 83.0 Å². The second-order valence-electron chi connectivity index (χ2n) is 8.35. The van der Waals surface area contributed by atoms with Crippen LogP contribution in [0.25, 0.3) is 10.9 Å². The number of ketones is 1. The molecular formula is C25H25FN2O3. The summed E-state index contributed by atoms with van der Waals surface area (Å²) in [6.45, 7) is 4.15. The number of hydrogen-bond donors (Lipinski definition) is 2. The number of carbonyl (C=O) groups excluding carboxylic acids is 2. The molecule has 0 radical (unpaired) electrons. The van der Waals surface area contributed by atoms with E-state index < -0.39 is 17.7 Å². The zero-order chi connectivity index (χ0) is 22.1. The topological polar surface area (TPSA) is 73.4 Å². The molecule has 3 aromatic rings. The Hall–Kier alpha value is -3.41. The summed E-state index contributed by atoms with van der Waals surface area (Å²) in [4.78, 5) is 30.8. The SMILES string of the molecule is CC(C)CC(=O)C1=C(O)C(=O)N(CCc2ccc(F)cc2)C1c1c[nH]c2ccccc12. The Bertz CT molecular complexity index is 1160. The van der Waals surface area contributed by atoms with Crippen LogP contribution in [0.3, 0.4) is 0 Å². The quantitative estimate of drug-likeness (QED) is 0.573. The number of nitrogens with one attached hydrogen (secondary N) is 1. The van der Waals surface area contributed by atoms with Gasteiger partial charge in [0, 0.05) is 35.6 Å². The van der Waals surface area contributed by atoms with Crippen LogP contribution in [0.5, 0.6) is 0 Å². The Morgan fingerprint density at radius 3 is 2.58 bits per heavy atom. The fourth-order valence-corrected chi connectivity index (χ4v) is 4.19. The zero-order valence-corrected chi connectivity index (χ0v) is 17.6. The van der Waals surface area contributed by atoms with Crippen molar-refractivity contribution in [2.45, 2.75) is 32.7 Å². The minimum absolute atomic E-state index is 0.0970. The van der Waals surface area contributed by atoms with Crippen molar-refractivity contribution in [1.29, 1.82) is 0 Å². The number of Topliss-reactive ketones (excluding diaryl/α,β-unsaturated/α-hetero) is 1. The first-order valence-corrected chi connectivity index (χ1v) is 10.4. The highest BCUT2D eigenvalue weighted by Gasteiger charge is 2.43. The number of aromatic nitrogens is 1. The van der Waals surface area contributed by atoms with Gasteiger partial charge in [-0.1, -0.05) is 44.2 Å². The van der Waals surface area contributed by atoms with Crippen molar-refractivity contribution < 1.29 is 19.1 Å². The lowest BCUT2D eigenvalue weighted by molar-refractivity contribution is -0.129. The van der Waals surface area contributed by atoms with Gasteiger partial charge in [-0.2, -0.15) is 0 Å². The Kier molecular flexibility index (Phi) is 5.63. The Morgan fingerprint density at radius 2 is 1.87 bits per heavy atom. The van der Waals surface area contributed by atoms with E-state index in [0.717, 1.165) is 22.0 Å². The second kappa shape index (κ2) is 8.38. The van der Waals surface area contributed by atoms with Gasteiger partial charge in [0.2, 0.25) is 0 Å². The van der Waals surface area contributed by atoms with Crippen LogP contribution in [-0.4, -0.2) is 33.2 Å². The van der Waals surface area contributed by atoms with Gasteiger partial charge in [0.25, 0.3) is 5.91 Å². The molecule has 0 aliphatic carbocycles. The number of nitrogens with zero attached hydrogens (tertiary/aromatic N) is 1. The maximum Gasteiger partial charge on any atom is 0.290 e. The van der Waals surface area contributed by atoms with Gasteiger partial charge in [0.1, 0.15) is 5.82 Å². The van der Waals surface area contributed by atoms with Gasteiger partial charge < -0.3 is 15.0 Å². The summed E-state index contributed by atoms with van der Waals surface area (Å²) >= 11 is 0. The van der Waals surface area contributed by atoms with E-state index in [0.29, 0.717) is 6.42 Å². The van der Waals surface area contributed by atoms with Crippen LogP contribution in [0, 0.1) is 11.7 Å². The van der Waals surface area contributed by atoms with E-state index in [1.165, 1.54) is 12.1 Å². The molecule has 0 fully saturated rings. The number of benzene rings is 2. The lowest BCUT2D eigenvalue weighted by atomic mass is 9.92. The largest absolute Gasteiger partial charge is 0.503 e. The molecule has 160 valence electrons. The monoisotopic (exact) mass is 420 g/mol. The molecule has 2 heterocycles. The Balaban J connectivity index is 1.73. The molecule has 1 amide bonds. The lowest BCUT2D eigenvalue weighted by Gasteiger charge is -2.26. The minimum atomic E-state index is -0.671. The number of H-pyrrole nitrogens is 1. The van der Waals surface area contributed by atoms with Crippen LogP contribution >= 0.6 is 0 Å². The van der Waals surface area contributed by atoms with Gasteiger partial charge in [-0.05, 0) is 36.1 Å². The average Bonchev–Trinajstić information content (AvgIpc) is 3.26. The van der Waals surface area contributed by atoms with Crippen LogP contribution in [0.15, 0.2) is 66.1 Å². The average molecular weight is 420 g/mol.